The summed E-state index contributed by atoms with van der Waals surface area (Å²) in [5.41, 5.74) is 6.66. The number of piperidine rings is 1. The number of fused-ring (bicyclic) bond motifs is 1. The molecule has 0 aromatic carbocycles. The van der Waals surface area contributed by atoms with Gasteiger partial charge < -0.3 is 25.1 Å². The van der Waals surface area contributed by atoms with Crippen molar-refractivity contribution in [3.05, 3.63) is 10.5 Å². The number of hydrogen-bond acceptors (Lipinski definition) is 8. The maximum atomic E-state index is 12.4. The molecule has 10 heteroatoms. The molecule has 3 heterocycles. The number of nitrogens with two attached hydrogens (primary N) is 1. The number of anilines is 1. The highest BCUT2D eigenvalue weighted by atomic mass is 16.5. The molecule has 0 spiro atoms. The topological polar surface area (TPSA) is 128 Å². The fraction of sp³-hybridized carbons (Fsp3) is 0.700. The lowest BCUT2D eigenvalue weighted by atomic mass is 9.98. The van der Waals surface area contributed by atoms with Crippen LogP contribution in [0.2, 0.25) is 0 Å². The summed E-state index contributed by atoms with van der Waals surface area (Å²) in [6.45, 7) is 5.72. The Kier molecular flexibility index (Phi) is 7.67. The minimum atomic E-state index is -0.250. The molecule has 3 N–H and O–H groups in total. The summed E-state index contributed by atoms with van der Waals surface area (Å²) < 4.78 is 12.0. The van der Waals surface area contributed by atoms with Gasteiger partial charge in [-0.1, -0.05) is 13.3 Å². The van der Waals surface area contributed by atoms with Crippen LogP contribution < -0.4 is 16.2 Å². The molecular weight excluding hydrogens is 388 g/mol. The molecule has 30 heavy (non-hydrogen) atoms. The number of hydrogen-bond donors (Lipinski definition) is 2. The lowest BCUT2D eigenvalue weighted by Crippen LogP contribution is -2.39. The molecule has 0 saturated carbocycles. The number of aromatic nitrogens is 4. The average molecular weight is 421 g/mol. The quantitative estimate of drug-likeness (QED) is 0.438. The van der Waals surface area contributed by atoms with E-state index in [1.807, 2.05) is 0 Å². The second-order valence-corrected chi connectivity index (χ2v) is 7.74. The van der Waals surface area contributed by atoms with Crippen LogP contribution in [-0.2, 0) is 16.1 Å². The molecule has 0 aliphatic carbocycles. The van der Waals surface area contributed by atoms with Crippen LogP contribution in [-0.4, -0.2) is 63.7 Å². The number of ether oxygens (including phenoxy) is 2. The fourth-order valence-electron chi connectivity index (χ4n) is 3.83. The van der Waals surface area contributed by atoms with E-state index in [2.05, 4.69) is 26.8 Å². The Morgan fingerprint density at radius 2 is 2.07 bits per heavy atom. The average Bonchev–Trinajstić information content (AvgIpc) is 3.07. The molecule has 1 atom stereocenters. The lowest BCUT2D eigenvalue weighted by molar-refractivity contribution is -0.147. The van der Waals surface area contributed by atoms with Crippen LogP contribution in [0.1, 0.15) is 45.4 Å². The zero-order valence-electron chi connectivity index (χ0n) is 17.9. The minimum absolute atomic E-state index is 0.0363. The smallest absolute Gasteiger partial charge is 0.327 e. The van der Waals surface area contributed by atoms with Crippen LogP contribution in [0, 0.1) is 5.92 Å². The molecule has 1 aliphatic heterocycles. The number of aromatic amines is 1. The molecule has 10 nitrogen and oxygen atoms in total. The fourth-order valence-corrected chi connectivity index (χ4v) is 3.83. The van der Waals surface area contributed by atoms with Gasteiger partial charge in [-0.15, -0.1) is 0 Å². The second-order valence-electron chi connectivity index (χ2n) is 7.74. The number of rotatable bonds is 10. The number of carbonyl (C=O) groups excluding carboxylic acids is 1. The number of nitrogen functional groups attached to an aromatic ring is 1. The van der Waals surface area contributed by atoms with Crippen molar-refractivity contribution in [3.8, 4) is 6.01 Å². The van der Waals surface area contributed by atoms with Gasteiger partial charge in [-0.25, -0.2) is 4.79 Å². The summed E-state index contributed by atoms with van der Waals surface area (Å²) in [4.78, 5) is 37.7. The number of nitrogens with zero attached hydrogens (tertiary/aromatic N) is 4. The van der Waals surface area contributed by atoms with Gasteiger partial charge in [-0.2, -0.15) is 9.97 Å². The van der Waals surface area contributed by atoms with Crippen molar-refractivity contribution >= 4 is 23.0 Å². The van der Waals surface area contributed by atoms with Gasteiger partial charge in [0.25, 0.3) is 0 Å². The normalized spacial score (nSPS) is 17.3. The van der Waals surface area contributed by atoms with E-state index in [1.54, 1.807) is 4.57 Å². The first kappa shape index (κ1) is 22.1. The van der Waals surface area contributed by atoms with E-state index >= 15 is 0 Å². The van der Waals surface area contributed by atoms with E-state index < -0.39 is 0 Å². The van der Waals surface area contributed by atoms with E-state index in [0.29, 0.717) is 24.3 Å². The number of carbonyl (C=O) groups is 1. The third-order valence-corrected chi connectivity index (χ3v) is 5.51. The van der Waals surface area contributed by atoms with Crippen molar-refractivity contribution in [2.45, 2.75) is 52.0 Å². The molecule has 3 rings (SSSR count). The van der Waals surface area contributed by atoms with E-state index in [4.69, 9.17) is 15.2 Å². The second kappa shape index (κ2) is 10.4. The van der Waals surface area contributed by atoms with Gasteiger partial charge in [0.15, 0.2) is 11.5 Å². The number of unbranched alkanes of at least 4 members (excludes halogenated alkanes) is 2. The van der Waals surface area contributed by atoms with Gasteiger partial charge in [0.2, 0.25) is 0 Å². The van der Waals surface area contributed by atoms with Crippen LogP contribution in [0.3, 0.4) is 0 Å². The number of aryl methyl sites for hydroxylation is 1. The highest BCUT2D eigenvalue weighted by Crippen LogP contribution is 2.20. The number of nitrogens with one attached hydrogen (secondary N) is 1. The molecule has 2 aromatic rings. The van der Waals surface area contributed by atoms with Crippen LogP contribution in [0.5, 0.6) is 6.01 Å². The molecule has 0 radical (unpaired) electrons. The SMILES string of the molecule is CCCCOc1nc(N)c2[nH]c(=O)n(CCCCN3CCCC(C(=O)OC)C3)c2n1. The number of methoxy groups -OCH3 is 1. The van der Waals surface area contributed by atoms with Crippen LogP contribution >= 0.6 is 0 Å². The maximum absolute atomic E-state index is 12.4. The molecule has 1 fully saturated rings. The van der Waals surface area contributed by atoms with Crippen LogP contribution in [0.4, 0.5) is 5.82 Å². The first-order chi connectivity index (χ1) is 14.5. The number of likely N-dealkylation sites (tertiary alicyclic amines) is 1. The number of H-pyrrole nitrogens is 1. The predicted octanol–water partition coefficient (Wildman–Crippen LogP) is 1.55. The van der Waals surface area contributed by atoms with E-state index in [-0.39, 0.29) is 29.4 Å². The van der Waals surface area contributed by atoms with Gasteiger partial charge >= 0.3 is 17.7 Å². The molecule has 0 bridgehead atoms. The van der Waals surface area contributed by atoms with Crippen molar-refractivity contribution in [2.75, 3.05) is 39.1 Å². The van der Waals surface area contributed by atoms with Crippen LogP contribution in [0.15, 0.2) is 4.79 Å². The van der Waals surface area contributed by atoms with Crippen LogP contribution in [0.25, 0.3) is 11.2 Å². The summed E-state index contributed by atoms with van der Waals surface area (Å²) in [5.74, 6) is 0.0505. The Hall–Kier alpha value is -2.62. The molecule has 1 unspecified atom stereocenters. The van der Waals surface area contributed by atoms with E-state index in [0.717, 1.165) is 58.2 Å². The Labute approximate surface area is 175 Å². The first-order valence-electron chi connectivity index (χ1n) is 10.7. The third kappa shape index (κ3) is 5.29. The molecule has 0 amide bonds. The van der Waals surface area contributed by atoms with Gasteiger partial charge in [-0.3, -0.25) is 9.36 Å². The highest BCUT2D eigenvalue weighted by molar-refractivity contribution is 5.81. The summed E-state index contributed by atoms with van der Waals surface area (Å²) >= 11 is 0. The Balaban J connectivity index is 1.58. The van der Waals surface area contributed by atoms with Crippen molar-refractivity contribution in [3.63, 3.8) is 0 Å². The molecule has 1 saturated heterocycles. The monoisotopic (exact) mass is 420 g/mol. The number of esters is 1. The van der Waals surface area contributed by atoms with Crippen molar-refractivity contribution < 1.29 is 14.3 Å². The van der Waals surface area contributed by atoms with E-state index in [9.17, 15) is 9.59 Å². The summed E-state index contributed by atoms with van der Waals surface area (Å²) in [7, 11) is 1.44. The Morgan fingerprint density at radius 1 is 1.27 bits per heavy atom. The summed E-state index contributed by atoms with van der Waals surface area (Å²) in [5, 5.41) is 0. The largest absolute Gasteiger partial charge is 0.469 e. The molecular formula is C20H32N6O4. The highest BCUT2D eigenvalue weighted by Gasteiger charge is 2.26. The van der Waals surface area contributed by atoms with Gasteiger partial charge in [0.1, 0.15) is 5.52 Å². The number of imidazole rings is 1. The molecule has 166 valence electrons. The first-order valence-corrected chi connectivity index (χ1v) is 10.7. The predicted molar refractivity (Wildman–Crippen MR) is 113 cm³/mol. The lowest BCUT2D eigenvalue weighted by Gasteiger charge is -2.31. The maximum Gasteiger partial charge on any atom is 0.327 e. The van der Waals surface area contributed by atoms with Crippen molar-refractivity contribution in [1.29, 1.82) is 0 Å². The molecule has 1 aliphatic rings. The minimum Gasteiger partial charge on any atom is -0.469 e. The third-order valence-electron chi connectivity index (χ3n) is 5.51. The zero-order valence-corrected chi connectivity index (χ0v) is 17.9. The van der Waals surface area contributed by atoms with Crippen molar-refractivity contribution in [1.82, 2.24) is 24.4 Å². The van der Waals surface area contributed by atoms with Crippen molar-refractivity contribution in [2.24, 2.45) is 5.92 Å². The standard InChI is InChI=1S/C20H32N6O4/c1-3-4-12-30-19-23-16(21)15-17(24-19)26(20(28)22-15)11-6-5-9-25-10-7-8-14(13-25)18(27)29-2/h14H,3-13H2,1-2H3,(H,22,28)(H2,21,23,24). The Morgan fingerprint density at radius 3 is 2.83 bits per heavy atom. The zero-order chi connectivity index (χ0) is 21.5. The van der Waals surface area contributed by atoms with Gasteiger partial charge in [-0.05, 0) is 45.2 Å². The van der Waals surface area contributed by atoms with E-state index in [1.165, 1.54) is 7.11 Å². The summed E-state index contributed by atoms with van der Waals surface area (Å²) in [6, 6.07) is 0.198. The Bertz CT molecular complexity index is 909. The van der Waals surface area contributed by atoms with Gasteiger partial charge in [0, 0.05) is 13.1 Å². The summed E-state index contributed by atoms with van der Waals surface area (Å²) in [6.07, 6.45) is 5.50. The van der Waals surface area contributed by atoms with Gasteiger partial charge in [0.05, 0.1) is 19.6 Å². The molecule has 2 aromatic heterocycles.